The van der Waals surface area contributed by atoms with Crippen LogP contribution in [0.1, 0.15) is 31.0 Å². The molecule has 1 amide bonds. The van der Waals surface area contributed by atoms with Gasteiger partial charge < -0.3 is 9.84 Å². The van der Waals surface area contributed by atoms with E-state index in [1.165, 1.54) is 4.90 Å². The Morgan fingerprint density at radius 1 is 1.00 bits per heavy atom. The standard InChI is InChI=1S/C25H22N2O4/c1-16(2)31-20-12-10-17(11-13-20)23(28)21-22(18-7-6-14-26-15-18)27(25(30)24(21)29)19-8-4-3-5-9-19/h3-16,22,28H,1-2H3/b23-21-. The van der Waals surface area contributed by atoms with E-state index in [4.69, 9.17) is 4.74 Å². The molecule has 0 bridgehead atoms. The normalized spacial score (nSPS) is 17.9. The van der Waals surface area contributed by atoms with E-state index in [0.29, 0.717) is 22.6 Å². The zero-order chi connectivity index (χ0) is 22.0. The Morgan fingerprint density at radius 2 is 1.71 bits per heavy atom. The molecule has 1 saturated heterocycles. The number of ketones is 1. The Balaban J connectivity index is 1.84. The minimum absolute atomic E-state index is 0.0150. The van der Waals surface area contributed by atoms with E-state index in [-0.39, 0.29) is 17.4 Å². The number of pyridine rings is 1. The molecule has 0 saturated carbocycles. The summed E-state index contributed by atoms with van der Waals surface area (Å²) < 4.78 is 5.64. The van der Waals surface area contributed by atoms with Crippen LogP contribution in [-0.4, -0.2) is 27.9 Å². The van der Waals surface area contributed by atoms with Gasteiger partial charge in [-0.25, -0.2) is 0 Å². The van der Waals surface area contributed by atoms with Gasteiger partial charge in [0.25, 0.3) is 11.7 Å². The number of hydrogen-bond acceptors (Lipinski definition) is 5. The van der Waals surface area contributed by atoms with Gasteiger partial charge in [0.05, 0.1) is 17.7 Å². The number of nitrogens with zero attached hydrogens (tertiary/aromatic N) is 2. The van der Waals surface area contributed by atoms with Crippen molar-refractivity contribution in [1.29, 1.82) is 0 Å². The van der Waals surface area contributed by atoms with Gasteiger partial charge in [0.2, 0.25) is 0 Å². The third-order valence-corrected chi connectivity index (χ3v) is 4.98. The second-order valence-electron chi connectivity index (χ2n) is 7.48. The number of anilines is 1. The van der Waals surface area contributed by atoms with Crippen LogP contribution in [0.5, 0.6) is 5.75 Å². The summed E-state index contributed by atoms with van der Waals surface area (Å²) >= 11 is 0. The lowest BCUT2D eigenvalue weighted by Gasteiger charge is -2.25. The summed E-state index contributed by atoms with van der Waals surface area (Å²) in [5.74, 6) is -1.01. The molecule has 3 aromatic rings. The van der Waals surface area contributed by atoms with Gasteiger partial charge in [-0.15, -0.1) is 0 Å². The molecule has 1 aliphatic heterocycles. The number of amides is 1. The molecular formula is C25H22N2O4. The Morgan fingerprint density at radius 3 is 2.32 bits per heavy atom. The third-order valence-electron chi connectivity index (χ3n) is 4.98. The lowest BCUT2D eigenvalue weighted by atomic mass is 9.96. The summed E-state index contributed by atoms with van der Waals surface area (Å²) in [6, 6.07) is 18.5. The molecule has 1 atom stereocenters. The summed E-state index contributed by atoms with van der Waals surface area (Å²) in [6.45, 7) is 3.85. The fraction of sp³-hybridized carbons (Fsp3) is 0.160. The summed E-state index contributed by atoms with van der Waals surface area (Å²) in [4.78, 5) is 31.6. The summed E-state index contributed by atoms with van der Waals surface area (Å²) in [5, 5.41) is 11.1. The molecule has 6 nitrogen and oxygen atoms in total. The van der Waals surface area contributed by atoms with E-state index < -0.39 is 17.7 Å². The van der Waals surface area contributed by atoms with Crippen LogP contribution in [0.25, 0.3) is 5.76 Å². The van der Waals surface area contributed by atoms with Crippen LogP contribution in [0.4, 0.5) is 5.69 Å². The highest BCUT2D eigenvalue weighted by Crippen LogP contribution is 2.41. The second kappa shape index (κ2) is 8.44. The Kier molecular flexibility index (Phi) is 5.54. The number of carbonyl (C=O) groups is 2. The predicted molar refractivity (Wildman–Crippen MR) is 118 cm³/mol. The molecule has 0 aliphatic carbocycles. The van der Waals surface area contributed by atoms with Crippen molar-refractivity contribution < 1.29 is 19.4 Å². The Bertz CT molecular complexity index is 1120. The smallest absolute Gasteiger partial charge is 0.300 e. The number of rotatable bonds is 5. The molecule has 0 radical (unpaired) electrons. The lowest BCUT2D eigenvalue weighted by Crippen LogP contribution is -2.29. The molecular weight excluding hydrogens is 392 g/mol. The van der Waals surface area contributed by atoms with E-state index in [2.05, 4.69) is 4.98 Å². The number of para-hydroxylation sites is 1. The van der Waals surface area contributed by atoms with Crippen molar-refractivity contribution in [2.24, 2.45) is 0 Å². The molecule has 2 aromatic carbocycles. The Hall–Kier alpha value is -3.93. The fourth-order valence-electron chi connectivity index (χ4n) is 3.66. The number of aliphatic hydroxyl groups is 1. The first-order valence-electron chi connectivity index (χ1n) is 10.0. The predicted octanol–water partition coefficient (Wildman–Crippen LogP) is 4.50. The summed E-state index contributed by atoms with van der Waals surface area (Å²) in [6.07, 6.45) is 3.23. The minimum atomic E-state index is -0.789. The Labute approximate surface area is 180 Å². The third kappa shape index (κ3) is 3.92. The van der Waals surface area contributed by atoms with Crippen molar-refractivity contribution in [3.63, 3.8) is 0 Å². The average Bonchev–Trinajstić information content (AvgIpc) is 3.05. The van der Waals surface area contributed by atoms with Crippen LogP contribution in [0.3, 0.4) is 0 Å². The number of ether oxygens (including phenoxy) is 1. The fourth-order valence-corrected chi connectivity index (χ4v) is 3.66. The van der Waals surface area contributed by atoms with Crippen molar-refractivity contribution >= 4 is 23.1 Å². The molecule has 4 rings (SSSR count). The topological polar surface area (TPSA) is 79.7 Å². The highest BCUT2D eigenvalue weighted by molar-refractivity contribution is 6.51. The maximum Gasteiger partial charge on any atom is 0.300 e. The van der Waals surface area contributed by atoms with Gasteiger partial charge in [-0.1, -0.05) is 24.3 Å². The molecule has 31 heavy (non-hydrogen) atoms. The molecule has 0 spiro atoms. The number of Topliss-reactive ketones (excluding diaryl/α,β-unsaturated/α-hetero) is 1. The molecule has 1 unspecified atom stereocenters. The molecule has 1 fully saturated rings. The number of aromatic nitrogens is 1. The highest BCUT2D eigenvalue weighted by Gasteiger charge is 2.47. The quantitative estimate of drug-likeness (QED) is 0.378. The molecule has 1 aromatic heterocycles. The number of carbonyl (C=O) groups excluding carboxylic acids is 2. The number of aliphatic hydroxyl groups excluding tert-OH is 1. The SMILES string of the molecule is CC(C)Oc1ccc(/C(O)=C2/C(=O)C(=O)N(c3ccccc3)C2c2cccnc2)cc1. The molecule has 1 N–H and O–H groups in total. The van der Waals surface area contributed by atoms with Crippen molar-refractivity contribution in [3.05, 3.63) is 95.8 Å². The zero-order valence-electron chi connectivity index (χ0n) is 17.2. The van der Waals surface area contributed by atoms with Crippen LogP contribution in [0, 0.1) is 0 Å². The van der Waals surface area contributed by atoms with E-state index in [9.17, 15) is 14.7 Å². The van der Waals surface area contributed by atoms with Gasteiger partial charge >= 0.3 is 0 Å². The van der Waals surface area contributed by atoms with Crippen molar-refractivity contribution in [3.8, 4) is 5.75 Å². The van der Waals surface area contributed by atoms with Gasteiger partial charge in [-0.2, -0.15) is 0 Å². The first-order valence-corrected chi connectivity index (χ1v) is 10.0. The van der Waals surface area contributed by atoms with Gasteiger partial charge in [0, 0.05) is 23.6 Å². The summed E-state index contributed by atoms with van der Waals surface area (Å²) in [5.41, 5.74) is 1.65. The van der Waals surface area contributed by atoms with E-state index in [1.807, 2.05) is 19.9 Å². The first-order chi connectivity index (χ1) is 15.0. The zero-order valence-corrected chi connectivity index (χ0v) is 17.2. The van der Waals surface area contributed by atoms with Crippen molar-refractivity contribution in [1.82, 2.24) is 4.98 Å². The van der Waals surface area contributed by atoms with Crippen LogP contribution in [-0.2, 0) is 9.59 Å². The second-order valence-corrected chi connectivity index (χ2v) is 7.48. The maximum atomic E-state index is 13.0. The van der Waals surface area contributed by atoms with E-state index >= 15 is 0 Å². The van der Waals surface area contributed by atoms with Crippen LogP contribution >= 0.6 is 0 Å². The van der Waals surface area contributed by atoms with Crippen LogP contribution in [0.15, 0.2) is 84.7 Å². The van der Waals surface area contributed by atoms with Crippen LogP contribution in [0.2, 0.25) is 0 Å². The van der Waals surface area contributed by atoms with Crippen molar-refractivity contribution in [2.45, 2.75) is 26.0 Å². The van der Waals surface area contributed by atoms with E-state index in [1.54, 1.807) is 73.1 Å². The molecule has 2 heterocycles. The van der Waals surface area contributed by atoms with Crippen LogP contribution < -0.4 is 9.64 Å². The molecule has 6 heteroatoms. The molecule has 1 aliphatic rings. The number of hydrogen-bond donors (Lipinski definition) is 1. The summed E-state index contributed by atoms with van der Waals surface area (Å²) in [7, 11) is 0. The maximum absolute atomic E-state index is 13.0. The van der Waals surface area contributed by atoms with Gasteiger partial charge in [-0.05, 0) is 61.9 Å². The monoisotopic (exact) mass is 414 g/mol. The van der Waals surface area contributed by atoms with E-state index in [0.717, 1.165) is 0 Å². The lowest BCUT2D eigenvalue weighted by molar-refractivity contribution is -0.132. The molecule has 156 valence electrons. The van der Waals surface area contributed by atoms with Gasteiger partial charge in [-0.3, -0.25) is 19.5 Å². The highest BCUT2D eigenvalue weighted by atomic mass is 16.5. The largest absolute Gasteiger partial charge is 0.507 e. The average molecular weight is 414 g/mol. The van der Waals surface area contributed by atoms with Crippen molar-refractivity contribution in [2.75, 3.05) is 4.90 Å². The number of benzene rings is 2. The van der Waals surface area contributed by atoms with Gasteiger partial charge in [0.15, 0.2) is 0 Å². The minimum Gasteiger partial charge on any atom is -0.507 e. The first kappa shape index (κ1) is 20.3. The van der Waals surface area contributed by atoms with Gasteiger partial charge in [0.1, 0.15) is 11.5 Å².